The minimum absolute atomic E-state index is 0.0191. The molecule has 0 radical (unpaired) electrons. The number of aromatic nitrogens is 3. The summed E-state index contributed by atoms with van der Waals surface area (Å²) in [7, 11) is -3.88. The van der Waals surface area contributed by atoms with E-state index in [1.165, 1.54) is 42.7 Å². The highest BCUT2D eigenvalue weighted by Crippen LogP contribution is 2.30. The molecule has 1 amide bonds. The lowest BCUT2D eigenvalue weighted by Gasteiger charge is -2.07. The van der Waals surface area contributed by atoms with Crippen LogP contribution >= 0.6 is 23.2 Å². The molecule has 32 heavy (non-hydrogen) atoms. The number of halogens is 2. The molecule has 12 heteroatoms. The topological polar surface area (TPSA) is 127 Å². The van der Waals surface area contributed by atoms with Crippen LogP contribution in [0, 0.1) is 0 Å². The van der Waals surface area contributed by atoms with Crippen molar-refractivity contribution in [3.63, 3.8) is 0 Å². The maximum atomic E-state index is 12.5. The van der Waals surface area contributed by atoms with Gasteiger partial charge in [-0.15, -0.1) is 0 Å². The van der Waals surface area contributed by atoms with Gasteiger partial charge in [-0.05, 0) is 48.5 Å². The zero-order chi connectivity index (χ0) is 22.7. The molecule has 9 nitrogen and oxygen atoms in total. The minimum Gasteiger partial charge on any atom is -0.355 e. The molecule has 162 valence electrons. The number of hydrogen-bond donors (Lipinski definition) is 2. The van der Waals surface area contributed by atoms with Crippen LogP contribution in [0.3, 0.4) is 0 Å². The van der Waals surface area contributed by atoms with Gasteiger partial charge in [0.2, 0.25) is 5.95 Å². The summed E-state index contributed by atoms with van der Waals surface area (Å²) in [5, 5.41) is 7.20. The molecule has 2 aromatic carbocycles. The molecule has 0 fully saturated rings. The van der Waals surface area contributed by atoms with E-state index in [0.29, 0.717) is 27.1 Å². The van der Waals surface area contributed by atoms with Gasteiger partial charge in [-0.3, -0.25) is 4.79 Å². The van der Waals surface area contributed by atoms with Gasteiger partial charge in [-0.1, -0.05) is 28.4 Å². The van der Waals surface area contributed by atoms with Crippen LogP contribution in [0.15, 0.2) is 76.4 Å². The van der Waals surface area contributed by atoms with Crippen molar-refractivity contribution < 1.29 is 17.7 Å². The van der Waals surface area contributed by atoms with Gasteiger partial charge in [-0.2, -0.15) is 0 Å². The number of nitrogens with one attached hydrogen (secondary N) is 2. The van der Waals surface area contributed by atoms with Gasteiger partial charge in [0.05, 0.1) is 9.92 Å². The Balaban J connectivity index is 1.46. The minimum atomic E-state index is -3.88. The third-order valence-electron chi connectivity index (χ3n) is 4.15. The fourth-order valence-electron chi connectivity index (χ4n) is 2.64. The molecule has 0 aliphatic carbocycles. The molecule has 0 saturated heterocycles. The number of benzene rings is 2. The van der Waals surface area contributed by atoms with E-state index in [4.69, 9.17) is 27.7 Å². The first-order chi connectivity index (χ1) is 15.3. The van der Waals surface area contributed by atoms with E-state index >= 15 is 0 Å². The van der Waals surface area contributed by atoms with E-state index in [2.05, 4.69) is 25.2 Å². The number of nitrogens with zero attached hydrogens (tertiary/aromatic N) is 3. The summed E-state index contributed by atoms with van der Waals surface area (Å²) in [5.74, 6) is -0.295. The molecule has 0 bridgehead atoms. The number of carbonyl (C=O) groups is 1. The Morgan fingerprint density at radius 3 is 2.38 bits per heavy atom. The molecular weight excluding hydrogens is 477 g/mol. The van der Waals surface area contributed by atoms with Crippen molar-refractivity contribution in [2.75, 3.05) is 10.0 Å². The van der Waals surface area contributed by atoms with Crippen LogP contribution in [-0.2, 0) is 10.0 Å². The van der Waals surface area contributed by atoms with Gasteiger partial charge in [0.1, 0.15) is 0 Å². The van der Waals surface area contributed by atoms with E-state index in [1.54, 1.807) is 24.3 Å². The Labute approximate surface area is 192 Å². The molecule has 0 unspecified atom stereocenters. The van der Waals surface area contributed by atoms with Crippen LogP contribution in [0.4, 0.5) is 11.6 Å². The van der Waals surface area contributed by atoms with Crippen molar-refractivity contribution >= 4 is 50.8 Å². The van der Waals surface area contributed by atoms with Crippen LogP contribution in [0.1, 0.15) is 10.5 Å². The van der Waals surface area contributed by atoms with Crippen molar-refractivity contribution in [3.05, 3.63) is 82.7 Å². The largest absolute Gasteiger partial charge is 0.355 e. The van der Waals surface area contributed by atoms with Gasteiger partial charge in [0.25, 0.3) is 15.9 Å². The van der Waals surface area contributed by atoms with Gasteiger partial charge >= 0.3 is 0 Å². The third kappa shape index (κ3) is 4.88. The van der Waals surface area contributed by atoms with E-state index in [9.17, 15) is 13.2 Å². The Bertz CT molecular complexity index is 1380. The molecular formula is C20H13Cl2N5O4S. The fraction of sp³-hybridized carbons (Fsp3) is 0. The standard InChI is InChI=1S/C20H13Cl2N5O4S/c21-12-2-7-15(16(22)10-12)18-11-17(26-31-18)19(28)25-13-3-5-14(6-4-13)32(29,30)27-20-23-8-1-9-24-20/h1-11H,(H,25,28)(H,23,24,27). The number of anilines is 2. The Morgan fingerprint density at radius 2 is 1.69 bits per heavy atom. The number of rotatable bonds is 6. The summed E-state index contributed by atoms with van der Waals surface area (Å²) in [4.78, 5) is 20.1. The van der Waals surface area contributed by atoms with Crippen LogP contribution < -0.4 is 10.0 Å². The summed E-state index contributed by atoms with van der Waals surface area (Å²) in [5.41, 5.74) is 0.914. The second-order valence-corrected chi connectivity index (χ2v) is 8.88. The Kier molecular flexibility index (Phi) is 6.08. The molecule has 0 atom stereocenters. The van der Waals surface area contributed by atoms with Crippen molar-refractivity contribution in [1.29, 1.82) is 0 Å². The predicted molar refractivity (Wildman–Crippen MR) is 119 cm³/mol. The van der Waals surface area contributed by atoms with Crippen LogP contribution in [0.25, 0.3) is 11.3 Å². The second kappa shape index (κ2) is 8.95. The highest BCUT2D eigenvalue weighted by molar-refractivity contribution is 7.92. The SMILES string of the molecule is O=C(Nc1ccc(S(=O)(=O)Nc2ncccn2)cc1)c1cc(-c2ccc(Cl)cc2Cl)on1. The number of amides is 1. The van der Waals surface area contributed by atoms with Crippen molar-refractivity contribution in [2.24, 2.45) is 0 Å². The number of sulfonamides is 1. The average molecular weight is 490 g/mol. The first-order valence-corrected chi connectivity index (χ1v) is 11.2. The van der Waals surface area contributed by atoms with E-state index in [0.717, 1.165) is 0 Å². The second-order valence-electron chi connectivity index (χ2n) is 6.36. The Hall–Kier alpha value is -3.47. The molecule has 4 rings (SSSR count). The predicted octanol–water partition coefficient (Wildman–Crippen LogP) is 4.49. The molecule has 2 heterocycles. The molecule has 0 spiro atoms. The molecule has 2 aromatic heterocycles. The summed E-state index contributed by atoms with van der Waals surface area (Å²) < 4.78 is 32.3. The summed E-state index contributed by atoms with van der Waals surface area (Å²) in [6.07, 6.45) is 2.83. The van der Waals surface area contributed by atoms with E-state index in [1.807, 2.05) is 0 Å². The van der Waals surface area contributed by atoms with Crippen molar-refractivity contribution in [2.45, 2.75) is 4.90 Å². The molecule has 4 aromatic rings. The smallest absolute Gasteiger partial charge is 0.277 e. The zero-order valence-corrected chi connectivity index (χ0v) is 18.3. The average Bonchev–Trinajstić information content (AvgIpc) is 3.25. The number of carbonyl (C=O) groups excluding carboxylic acids is 1. The normalized spacial score (nSPS) is 11.2. The maximum absolute atomic E-state index is 12.5. The molecule has 0 aliphatic rings. The monoisotopic (exact) mass is 489 g/mol. The van der Waals surface area contributed by atoms with Gasteiger partial charge in [0, 0.05) is 34.7 Å². The quantitative estimate of drug-likeness (QED) is 0.408. The highest BCUT2D eigenvalue weighted by Gasteiger charge is 2.18. The highest BCUT2D eigenvalue weighted by atomic mass is 35.5. The summed E-state index contributed by atoms with van der Waals surface area (Å²) in [6.45, 7) is 0. The van der Waals surface area contributed by atoms with Crippen molar-refractivity contribution in [1.82, 2.24) is 15.1 Å². The van der Waals surface area contributed by atoms with E-state index < -0.39 is 15.9 Å². The molecule has 0 saturated carbocycles. The fourth-order valence-corrected chi connectivity index (χ4v) is 4.10. The van der Waals surface area contributed by atoms with Gasteiger partial charge in [0.15, 0.2) is 11.5 Å². The van der Waals surface area contributed by atoms with Gasteiger partial charge in [-0.25, -0.2) is 23.1 Å². The van der Waals surface area contributed by atoms with Crippen LogP contribution in [-0.4, -0.2) is 29.4 Å². The van der Waals surface area contributed by atoms with Gasteiger partial charge < -0.3 is 9.84 Å². The zero-order valence-electron chi connectivity index (χ0n) is 16.0. The lowest BCUT2D eigenvalue weighted by atomic mass is 10.1. The van der Waals surface area contributed by atoms with E-state index in [-0.39, 0.29) is 16.5 Å². The first kappa shape index (κ1) is 21.8. The molecule has 2 N–H and O–H groups in total. The lowest BCUT2D eigenvalue weighted by Crippen LogP contribution is -2.15. The summed E-state index contributed by atoms with van der Waals surface area (Å²) in [6, 6.07) is 13.4. The van der Waals surface area contributed by atoms with Crippen LogP contribution in [0.5, 0.6) is 0 Å². The maximum Gasteiger partial charge on any atom is 0.277 e. The van der Waals surface area contributed by atoms with Crippen molar-refractivity contribution in [3.8, 4) is 11.3 Å². The lowest BCUT2D eigenvalue weighted by molar-refractivity contribution is 0.101. The van der Waals surface area contributed by atoms with Crippen LogP contribution in [0.2, 0.25) is 10.0 Å². The first-order valence-electron chi connectivity index (χ1n) is 8.95. The third-order valence-corrected chi connectivity index (χ3v) is 6.05. The molecule has 0 aliphatic heterocycles. The number of hydrogen-bond acceptors (Lipinski definition) is 7. The summed E-state index contributed by atoms with van der Waals surface area (Å²) >= 11 is 12.0. The Morgan fingerprint density at radius 1 is 0.969 bits per heavy atom.